The third kappa shape index (κ3) is 5.93. The second-order valence-corrected chi connectivity index (χ2v) is 8.05. The molecule has 2 aliphatic carbocycles. The van der Waals surface area contributed by atoms with Crippen LogP contribution in [0.2, 0.25) is 0 Å². The van der Waals surface area contributed by atoms with Gasteiger partial charge in [0, 0.05) is 19.4 Å². The molecular formula is C18H31ClO3S. The summed E-state index contributed by atoms with van der Waals surface area (Å²) in [5.41, 5.74) is 1.57. The highest BCUT2D eigenvalue weighted by Gasteiger charge is 2.42. The van der Waals surface area contributed by atoms with Crippen LogP contribution in [0.25, 0.3) is 0 Å². The molecule has 3 fully saturated rings. The van der Waals surface area contributed by atoms with E-state index in [0.29, 0.717) is 0 Å². The SMILES string of the molecule is CSCl.OCCC=C1CCC(C2CCC3(CC2)OCCO3)CC1. The molecule has 0 unspecified atom stereocenters. The highest BCUT2D eigenvalue weighted by atomic mass is 35.7. The summed E-state index contributed by atoms with van der Waals surface area (Å²) in [6.45, 7) is 1.86. The van der Waals surface area contributed by atoms with E-state index in [1.807, 2.05) is 6.26 Å². The van der Waals surface area contributed by atoms with Crippen LogP contribution in [0, 0.1) is 11.8 Å². The van der Waals surface area contributed by atoms with Gasteiger partial charge in [-0.05, 0) is 73.7 Å². The number of aliphatic hydroxyl groups is 1. The monoisotopic (exact) mass is 362 g/mol. The fraction of sp³-hybridized carbons (Fsp3) is 0.889. The maximum Gasteiger partial charge on any atom is 0.168 e. The van der Waals surface area contributed by atoms with Gasteiger partial charge in [0.05, 0.1) is 13.2 Å². The number of allylic oxidation sites excluding steroid dienone is 1. The zero-order chi connectivity index (χ0) is 16.5. The van der Waals surface area contributed by atoms with Crippen LogP contribution >= 0.6 is 21.7 Å². The molecule has 0 amide bonds. The maximum absolute atomic E-state index is 8.89. The van der Waals surface area contributed by atoms with Gasteiger partial charge in [-0.3, -0.25) is 0 Å². The Morgan fingerprint density at radius 1 is 1.13 bits per heavy atom. The first kappa shape index (κ1) is 19.6. The van der Waals surface area contributed by atoms with Crippen LogP contribution in [0.1, 0.15) is 57.8 Å². The molecule has 3 aliphatic rings. The Morgan fingerprint density at radius 3 is 2.17 bits per heavy atom. The third-order valence-electron chi connectivity index (χ3n) is 5.51. The molecule has 0 aromatic heterocycles. The van der Waals surface area contributed by atoms with Gasteiger partial charge >= 0.3 is 0 Å². The number of aliphatic hydroxyl groups excluding tert-OH is 1. The maximum atomic E-state index is 8.89. The second kappa shape index (κ2) is 10.3. The average molecular weight is 363 g/mol. The first-order valence-corrected chi connectivity index (χ1v) is 11.0. The second-order valence-electron chi connectivity index (χ2n) is 6.81. The lowest BCUT2D eigenvalue weighted by atomic mass is 9.71. The standard InChI is InChI=1S/C17H28O3.CH3ClS/c18-11-1-2-14-3-5-15(6-4-14)16-7-9-17(10-8-16)19-12-13-20-17;1-3-2/h2,15-16,18H,1,3-13H2;1H3. The summed E-state index contributed by atoms with van der Waals surface area (Å²) >= 11 is 0. The van der Waals surface area contributed by atoms with Crippen molar-refractivity contribution in [2.75, 3.05) is 26.1 Å². The van der Waals surface area contributed by atoms with Crippen molar-refractivity contribution in [1.82, 2.24) is 0 Å². The van der Waals surface area contributed by atoms with Crippen molar-refractivity contribution in [3.8, 4) is 0 Å². The molecule has 0 atom stereocenters. The molecule has 2 saturated carbocycles. The third-order valence-corrected chi connectivity index (χ3v) is 5.51. The van der Waals surface area contributed by atoms with Crippen molar-refractivity contribution in [3.63, 3.8) is 0 Å². The topological polar surface area (TPSA) is 38.7 Å². The molecule has 1 saturated heterocycles. The van der Waals surface area contributed by atoms with Crippen LogP contribution in [0.5, 0.6) is 0 Å². The molecule has 0 aromatic rings. The lowest BCUT2D eigenvalue weighted by molar-refractivity contribution is -0.185. The average Bonchev–Trinajstić information content (AvgIpc) is 3.03. The molecule has 1 spiro atoms. The fourth-order valence-corrected chi connectivity index (χ4v) is 4.29. The normalized spacial score (nSPS) is 27.6. The van der Waals surface area contributed by atoms with E-state index in [-0.39, 0.29) is 12.4 Å². The summed E-state index contributed by atoms with van der Waals surface area (Å²) in [5.74, 6) is 1.59. The predicted octanol–water partition coefficient (Wildman–Crippen LogP) is 4.92. The fourth-order valence-electron chi connectivity index (χ4n) is 4.29. The first-order chi connectivity index (χ1) is 11.2. The summed E-state index contributed by atoms with van der Waals surface area (Å²) in [6.07, 6.45) is 14.8. The van der Waals surface area contributed by atoms with Crippen molar-refractivity contribution in [3.05, 3.63) is 11.6 Å². The highest BCUT2D eigenvalue weighted by Crippen LogP contribution is 2.44. The summed E-state index contributed by atoms with van der Waals surface area (Å²) in [6, 6.07) is 0. The Morgan fingerprint density at radius 2 is 1.65 bits per heavy atom. The smallest absolute Gasteiger partial charge is 0.168 e. The van der Waals surface area contributed by atoms with Gasteiger partial charge in [-0.25, -0.2) is 0 Å². The van der Waals surface area contributed by atoms with Gasteiger partial charge in [0.2, 0.25) is 0 Å². The van der Waals surface area contributed by atoms with Crippen molar-refractivity contribution >= 4 is 21.7 Å². The van der Waals surface area contributed by atoms with Gasteiger partial charge in [0.15, 0.2) is 5.79 Å². The largest absolute Gasteiger partial charge is 0.396 e. The Bertz CT molecular complexity index is 349. The van der Waals surface area contributed by atoms with E-state index in [2.05, 4.69) is 6.08 Å². The first-order valence-electron chi connectivity index (χ1n) is 8.94. The van der Waals surface area contributed by atoms with Gasteiger partial charge in [-0.1, -0.05) is 22.6 Å². The van der Waals surface area contributed by atoms with E-state index in [9.17, 15) is 0 Å². The molecule has 1 aliphatic heterocycles. The van der Waals surface area contributed by atoms with Crippen LogP contribution < -0.4 is 0 Å². The minimum absolute atomic E-state index is 0.197. The van der Waals surface area contributed by atoms with Crippen LogP contribution in [0.4, 0.5) is 0 Å². The van der Waals surface area contributed by atoms with E-state index in [4.69, 9.17) is 25.3 Å². The van der Waals surface area contributed by atoms with E-state index in [1.54, 1.807) is 5.57 Å². The molecule has 1 N–H and O–H groups in total. The number of rotatable bonds is 3. The van der Waals surface area contributed by atoms with Crippen molar-refractivity contribution in [1.29, 1.82) is 0 Å². The molecule has 5 heteroatoms. The zero-order valence-corrected chi connectivity index (χ0v) is 15.8. The van der Waals surface area contributed by atoms with Crippen molar-refractivity contribution in [2.24, 2.45) is 11.8 Å². The van der Waals surface area contributed by atoms with Gasteiger partial charge in [-0.2, -0.15) is 0 Å². The zero-order valence-electron chi connectivity index (χ0n) is 14.3. The quantitative estimate of drug-likeness (QED) is 0.723. The van der Waals surface area contributed by atoms with Crippen LogP contribution in [-0.2, 0) is 9.47 Å². The van der Waals surface area contributed by atoms with Crippen LogP contribution in [-0.4, -0.2) is 37.0 Å². The van der Waals surface area contributed by atoms with Gasteiger partial charge < -0.3 is 14.6 Å². The summed E-state index contributed by atoms with van der Waals surface area (Å²) in [7, 11) is 6.14. The van der Waals surface area contributed by atoms with E-state index in [0.717, 1.165) is 44.3 Å². The summed E-state index contributed by atoms with van der Waals surface area (Å²) in [5, 5.41) is 8.89. The van der Waals surface area contributed by atoms with Crippen molar-refractivity contribution in [2.45, 2.75) is 63.6 Å². The molecular weight excluding hydrogens is 332 g/mol. The minimum Gasteiger partial charge on any atom is -0.396 e. The predicted molar refractivity (Wildman–Crippen MR) is 97.7 cm³/mol. The Labute approximate surface area is 149 Å². The van der Waals surface area contributed by atoms with Gasteiger partial charge in [-0.15, -0.1) is 0 Å². The number of halogens is 1. The van der Waals surface area contributed by atoms with Crippen molar-refractivity contribution < 1.29 is 14.6 Å². The Balaban J connectivity index is 0.000000595. The number of hydrogen-bond acceptors (Lipinski definition) is 4. The van der Waals surface area contributed by atoms with Gasteiger partial charge in [0.1, 0.15) is 0 Å². The molecule has 3 nitrogen and oxygen atoms in total. The van der Waals surface area contributed by atoms with E-state index >= 15 is 0 Å². The van der Waals surface area contributed by atoms with Gasteiger partial charge in [0.25, 0.3) is 0 Å². The Kier molecular flexibility index (Phi) is 8.77. The minimum atomic E-state index is -0.197. The summed E-state index contributed by atoms with van der Waals surface area (Å²) in [4.78, 5) is 0. The summed E-state index contributed by atoms with van der Waals surface area (Å²) < 4.78 is 11.6. The lowest BCUT2D eigenvalue weighted by Crippen LogP contribution is -2.37. The molecule has 23 heavy (non-hydrogen) atoms. The molecule has 134 valence electrons. The lowest BCUT2D eigenvalue weighted by Gasteiger charge is -2.40. The van der Waals surface area contributed by atoms with E-state index in [1.165, 1.54) is 49.5 Å². The molecule has 0 radical (unpaired) electrons. The van der Waals surface area contributed by atoms with Crippen LogP contribution in [0.15, 0.2) is 11.6 Å². The molecule has 3 rings (SSSR count). The van der Waals surface area contributed by atoms with E-state index < -0.39 is 0 Å². The Hall–Kier alpha value is 0.260. The molecule has 0 bridgehead atoms. The number of ether oxygens (including phenoxy) is 2. The van der Waals surface area contributed by atoms with Crippen LogP contribution in [0.3, 0.4) is 0 Å². The molecule has 0 aromatic carbocycles. The number of hydrogen-bond donors (Lipinski definition) is 1. The molecule has 1 heterocycles. The highest BCUT2D eigenvalue weighted by molar-refractivity contribution is 8.20.